The molecule has 3 saturated heterocycles. The quantitative estimate of drug-likeness (QED) is 0.391. The number of anilines is 1. The van der Waals surface area contributed by atoms with E-state index in [1.807, 2.05) is 13.0 Å². The highest BCUT2D eigenvalue weighted by atomic mass is 32.2. The first-order valence-electron chi connectivity index (χ1n) is 12.8. The van der Waals surface area contributed by atoms with Crippen molar-refractivity contribution in [1.82, 2.24) is 19.3 Å². The molecule has 0 N–H and O–H groups in total. The number of piperidine rings is 1. The maximum atomic E-state index is 13.2. The zero-order chi connectivity index (χ0) is 23.5. The van der Waals surface area contributed by atoms with E-state index in [2.05, 4.69) is 31.2 Å². The number of carbonyl (C=O) groups excluding carboxylic acids is 1. The van der Waals surface area contributed by atoms with Crippen LogP contribution in [0.25, 0.3) is 0 Å². The van der Waals surface area contributed by atoms with E-state index in [-0.39, 0.29) is 18.0 Å². The summed E-state index contributed by atoms with van der Waals surface area (Å²) >= 11 is 1.50. The molecule has 0 amide bonds. The molecular weight excluding hydrogens is 450 g/mol. The minimum absolute atomic E-state index is 0.142. The van der Waals surface area contributed by atoms with E-state index in [0.29, 0.717) is 5.75 Å². The van der Waals surface area contributed by atoms with E-state index >= 15 is 0 Å². The van der Waals surface area contributed by atoms with Gasteiger partial charge in [0.15, 0.2) is 10.9 Å². The summed E-state index contributed by atoms with van der Waals surface area (Å²) in [5.74, 6) is 1.43. The number of rotatable bonds is 9. The van der Waals surface area contributed by atoms with Gasteiger partial charge in [-0.1, -0.05) is 11.8 Å². The monoisotopic (exact) mass is 487 g/mol. The van der Waals surface area contributed by atoms with Crippen molar-refractivity contribution < 1.29 is 14.3 Å². The van der Waals surface area contributed by atoms with Crippen LogP contribution in [0.2, 0.25) is 0 Å². The summed E-state index contributed by atoms with van der Waals surface area (Å²) in [7, 11) is 0. The van der Waals surface area contributed by atoms with Crippen LogP contribution >= 0.6 is 11.8 Å². The summed E-state index contributed by atoms with van der Waals surface area (Å²) in [6, 6.07) is 2.03. The molecule has 8 nitrogen and oxygen atoms in total. The van der Waals surface area contributed by atoms with Gasteiger partial charge in [0, 0.05) is 49.8 Å². The van der Waals surface area contributed by atoms with Crippen LogP contribution in [-0.4, -0.2) is 69.4 Å². The van der Waals surface area contributed by atoms with E-state index in [4.69, 9.17) is 9.47 Å². The molecule has 0 spiro atoms. The Balaban J connectivity index is 1.29. The molecule has 34 heavy (non-hydrogen) atoms. The Morgan fingerprint density at radius 1 is 0.971 bits per heavy atom. The third-order valence-electron chi connectivity index (χ3n) is 7.36. The van der Waals surface area contributed by atoms with E-state index in [0.717, 1.165) is 93.1 Å². The molecule has 0 saturated carbocycles. The predicted molar refractivity (Wildman–Crippen MR) is 133 cm³/mol. The fraction of sp³-hybridized carbons (Fsp3) is 0.720. The minimum Gasteiger partial charge on any atom is -0.376 e. The average Bonchev–Trinajstić information content (AvgIpc) is 3.65. The Kier molecular flexibility index (Phi) is 7.61. The van der Waals surface area contributed by atoms with Gasteiger partial charge >= 0.3 is 0 Å². The second-order valence-electron chi connectivity index (χ2n) is 9.82. The van der Waals surface area contributed by atoms with E-state index in [9.17, 15) is 4.79 Å². The number of hydrogen-bond acceptors (Lipinski definition) is 7. The molecule has 2 aromatic rings. The maximum Gasteiger partial charge on any atom is 0.228 e. The lowest BCUT2D eigenvalue weighted by molar-refractivity contribution is 0.0951. The molecule has 9 heteroatoms. The highest BCUT2D eigenvalue weighted by Crippen LogP contribution is 2.28. The fourth-order valence-corrected chi connectivity index (χ4v) is 6.26. The normalized spacial score (nSPS) is 23.2. The molecule has 0 aromatic carbocycles. The Bertz CT molecular complexity index is 985. The summed E-state index contributed by atoms with van der Waals surface area (Å²) < 4.78 is 16.2. The zero-order valence-electron chi connectivity index (χ0n) is 20.5. The van der Waals surface area contributed by atoms with Crippen LogP contribution in [0.5, 0.6) is 0 Å². The molecule has 2 aromatic heterocycles. The van der Waals surface area contributed by atoms with Gasteiger partial charge in [0.05, 0.1) is 24.5 Å². The van der Waals surface area contributed by atoms with Gasteiger partial charge in [0.25, 0.3) is 0 Å². The number of nitrogens with zero attached hydrogens (tertiary/aromatic N) is 5. The molecule has 2 unspecified atom stereocenters. The lowest BCUT2D eigenvalue weighted by Crippen LogP contribution is -2.33. The third kappa shape index (κ3) is 5.21. The Morgan fingerprint density at radius 2 is 1.65 bits per heavy atom. The Labute approximate surface area is 206 Å². The van der Waals surface area contributed by atoms with Crippen LogP contribution in [-0.2, 0) is 22.6 Å². The molecule has 0 radical (unpaired) electrons. The standard InChI is InChI=1S/C25H37N5O3S/c1-18-14-22(19(2)29(18)15-20-8-6-12-32-20)23(31)17-34-25-27-26-24(28-10-4-3-5-11-28)30(25)16-21-9-7-13-33-21/h14,20-21H,3-13,15-17H2,1-2H3. The summed E-state index contributed by atoms with van der Waals surface area (Å²) in [5.41, 5.74) is 2.97. The number of ketones is 1. The Morgan fingerprint density at radius 3 is 2.29 bits per heavy atom. The molecule has 5 rings (SSSR count). The number of aryl methyl sites for hydroxylation is 1. The second kappa shape index (κ2) is 10.8. The third-order valence-corrected chi connectivity index (χ3v) is 8.33. The van der Waals surface area contributed by atoms with Crippen LogP contribution in [0.3, 0.4) is 0 Å². The van der Waals surface area contributed by atoms with Gasteiger partial charge in [-0.3, -0.25) is 9.36 Å². The van der Waals surface area contributed by atoms with Crippen LogP contribution in [0.1, 0.15) is 66.7 Å². The summed E-state index contributed by atoms with van der Waals surface area (Å²) in [6.45, 7) is 9.42. The van der Waals surface area contributed by atoms with E-state index in [1.165, 1.54) is 31.0 Å². The van der Waals surface area contributed by atoms with Crippen LogP contribution in [0, 0.1) is 13.8 Å². The summed E-state index contributed by atoms with van der Waals surface area (Å²) in [5, 5.41) is 9.89. The Hall–Kier alpha value is -1.84. The first-order chi connectivity index (χ1) is 16.6. The SMILES string of the molecule is Cc1cc(C(=O)CSc2nnc(N3CCCCC3)n2CC2CCCO2)c(C)n1CC1CCCO1. The van der Waals surface area contributed by atoms with Crippen molar-refractivity contribution in [2.75, 3.05) is 37.0 Å². The number of thioether (sulfide) groups is 1. The summed E-state index contributed by atoms with van der Waals surface area (Å²) in [6.07, 6.45) is 8.50. The molecular formula is C25H37N5O3S. The molecule has 0 bridgehead atoms. The molecule has 3 aliphatic rings. The van der Waals surface area contributed by atoms with Crippen molar-refractivity contribution in [2.24, 2.45) is 0 Å². The van der Waals surface area contributed by atoms with Crippen LogP contribution < -0.4 is 4.90 Å². The number of hydrogen-bond donors (Lipinski definition) is 0. The lowest BCUT2D eigenvalue weighted by Gasteiger charge is -2.28. The van der Waals surface area contributed by atoms with Gasteiger partial charge in [-0.2, -0.15) is 0 Å². The predicted octanol–water partition coefficient (Wildman–Crippen LogP) is 4.02. The molecule has 5 heterocycles. The maximum absolute atomic E-state index is 13.2. The number of carbonyl (C=O) groups is 1. The van der Waals surface area contributed by atoms with Crippen LogP contribution in [0.4, 0.5) is 5.95 Å². The smallest absolute Gasteiger partial charge is 0.228 e. The first kappa shape index (κ1) is 23.9. The van der Waals surface area contributed by atoms with Gasteiger partial charge in [-0.25, -0.2) is 0 Å². The van der Waals surface area contributed by atoms with Crippen molar-refractivity contribution in [3.8, 4) is 0 Å². The van der Waals surface area contributed by atoms with Crippen molar-refractivity contribution in [3.63, 3.8) is 0 Å². The zero-order valence-corrected chi connectivity index (χ0v) is 21.3. The van der Waals surface area contributed by atoms with Crippen molar-refractivity contribution in [2.45, 2.75) is 89.2 Å². The molecule has 186 valence electrons. The topological polar surface area (TPSA) is 74.4 Å². The van der Waals surface area contributed by atoms with Crippen molar-refractivity contribution >= 4 is 23.5 Å². The number of ether oxygens (including phenoxy) is 2. The average molecular weight is 488 g/mol. The summed E-state index contributed by atoms with van der Waals surface area (Å²) in [4.78, 5) is 15.6. The largest absolute Gasteiger partial charge is 0.376 e. The fourth-order valence-electron chi connectivity index (χ4n) is 5.43. The van der Waals surface area contributed by atoms with Gasteiger partial charge in [0.2, 0.25) is 5.95 Å². The molecule has 3 aliphatic heterocycles. The van der Waals surface area contributed by atoms with Gasteiger partial charge in [0.1, 0.15) is 0 Å². The molecule has 0 aliphatic carbocycles. The second-order valence-corrected chi connectivity index (χ2v) is 10.8. The molecule has 3 fully saturated rings. The van der Waals surface area contributed by atoms with Gasteiger partial charge in [-0.15, -0.1) is 10.2 Å². The van der Waals surface area contributed by atoms with Gasteiger partial charge < -0.3 is 18.9 Å². The first-order valence-corrected chi connectivity index (χ1v) is 13.8. The lowest BCUT2D eigenvalue weighted by atomic mass is 10.1. The highest BCUT2D eigenvalue weighted by molar-refractivity contribution is 7.99. The van der Waals surface area contributed by atoms with Crippen molar-refractivity contribution in [1.29, 1.82) is 0 Å². The minimum atomic E-state index is 0.142. The molecule has 2 atom stereocenters. The number of Topliss-reactive ketones (excluding diaryl/α,β-unsaturated/α-hetero) is 1. The number of aromatic nitrogens is 4. The highest BCUT2D eigenvalue weighted by Gasteiger charge is 2.26. The van der Waals surface area contributed by atoms with Crippen molar-refractivity contribution in [3.05, 3.63) is 23.0 Å². The van der Waals surface area contributed by atoms with Gasteiger partial charge in [-0.05, 0) is 64.9 Å². The van der Waals surface area contributed by atoms with E-state index in [1.54, 1.807) is 0 Å². The van der Waals surface area contributed by atoms with Crippen LogP contribution in [0.15, 0.2) is 11.2 Å². The van der Waals surface area contributed by atoms with E-state index < -0.39 is 0 Å².